The van der Waals surface area contributed by atoms with E-state index in [0.717, 1.165) is 74.7 Å². The molecule has 1 aromatic carbocycles. The van der Waals surface area contributed by atoms with Gasteiger partial charge in [0.2, 0.25) is 11.8 Å². The molecule has 0 fully saturated rings. The van der Waals surface area contributed by atoms with Crippen LogP contribution >= 0.6 is 6.89 Å². The van der Waals surface area contributed by atoms with Crippen molar-refractivity contribution in [3.05, 3.63) is 65.5 Å². The van der Waals surface area contributed by atoms with Gasteiger partial charge in [0.1, 0.15) is 0 Å². The van der Waals surface area contributed by atoms with Crippen molar-refractivity contribution >= 4 is 24.5 Å². The zero-order valence-corrected chi connectivity index (χ0v) is 23.4. The maximum atomic E-state index is 14.4. The summed E-state index contributed by atoms with van der Waals surface area (Å²) in [4.78, 5) is 36.8. The van der Waals surface area contributed by atoms with E-state index in [1.165, 1.54) is 0 Å². The van der Waals surface area contributed by atoms with Gasteiger partial charge in [0.15, 0.2) is 5.78 Å². The van der Waals surface area contributed by atoms with Gasteiger partial charge in [-0.3, -0.25) is 4.79 Å². The third-order valence-electron chi connectivity index (χ3n) is 6.80. The first-order chi connectivity index (χ1) is 17.4. The largest absolute Gasteiger partial charge is 0.340 e. The zero-order valence-electron chi connectivity index (χ0n) is 22.5. The van der Waals surface area contributed by atoms with Crippen LogP contribution in [0.25, 0.3) is 4.85 Å². The van der Waals surface area contributed by atoms with Crippen molar-refractivity contribution in [2.24, 2.45) is 7.05 Å². The molecule has 36 heavy (non-hydrogen) atoms. The van der Waals surface area contributed by atoms with Crippen molar-refractivity contribution < 1.29 is 9.59 Å². The van der Waals surface area contributed by atoms with Crippen molar-refractivity contribution in [3.8, 4) is 0 Å². The number of carbonyl (C=O) groups excluding carboxylic acids is 2. The van der Waals surface area contributed by atoms with Gasteiger partial charge in [0.05, 0.1) is 24.6 Å². The number of imidazole rings is 1. The molecule has 1 atom stereocenters. The molecular weight excluding hydrogens is 467 g/mol. The van der Waals surface area contributed by atoms with Gasteiger partial charge in [-0.05, 0) is 24.0 Å². The third kappa shape index (κ3) is 8.20. The summed E-state index contributed by atoms with van der Waals surface area (Å²) in [5, 5.41) is 0. The van der Waals surface area contributed by atoms with E-state index in [9.17, 15) is 9.59 Å². The van der Waals surface area contributed by atoms with Crippen LogP contribution in [0.1, 0.15) is 70.6 Å². The average Bonchev–Trinajstić information content (AvgIpc) is 3.32. The fraction of sp³-hybridized carbons (Fsp3) is 0.552. The standard InChI is InChI=1S/C29H43N4O2P/c1-6-9-17-36(18-10-7-2,19-11-8-3)29(30-4)28(35)27(20-26-22-32(5)23-31-26)33(24-34)21-25-15-13-12-14-16-25/h12-16,22-24,27H,6-11,17-21H2,1-3,5H3/t27-/m0/s1. The number of hydrogen-bond donors (Lipinski definition) is 0. The quantitative estimate of drug-likeness (QED) is 0.148. The topological polar surface area (TPSA) is 59.6 Å². The Kier molecular flexibility index (Phi) is 12.7. The van der Waals surface area contributed by atoms with Crippen LogP contribution in [0.5, 0.6) is 0 Å². The molecule has 0 aliphatic heterocycles. The number of amides is 1. The van der Waals surface area contributed by atoms with Crippen LogP contribution < -0.4 is 0 Å². The molecule has 0 aliphatic carbocycles. The number of carbonyl (C=O) groups is 2. The number of aryl methyl sites for hydroxylation is 1. The smallest absolute Gasteiger partial charge is 0.226 e. The molecule has 0 saturated heterocycles. The predicted molar refractivity (Wildman–Crippen MR) is 152 cm³/mol. The Labute approximate surface area is 217 Å². The van der Waals surface area contributed by atoms with Crippen LogP contribution in [0.2, 0.25) is 0 Å². The van der Waals surface area contributed by atoms with Gasteiger partial charge in [-0.25, -0.2) is 9.83 Å². The Morgan fingerprint density at radius 1 is 1.08 bits per heavy atom. The Bertz CT molecular complexity index is 1030. The molecule has 0 radical (unpaired) electrons. The van der Waals surface area contributed by atoms with Gasteiger partial charge in [0, 0.05) is 26.2 Å². The minimum absolute atomic E-state index is 0.171. The monoisotopic (exact) mass is 510 g/mol. The van der Waals surface area contributed by atoms with Crippen LogP contribution in [0.4, 0.5) is 0 Å². The lowest BCUT2D eigenvalue weighted by Gasteiger charge is -2.32. The van der Waals surface area contributed by atoms with Crippen LogP contribution in [0, 0.1) is 6.57 Å². The molecule has 0 unspecified atom stereocenters. The Balaban J connectivity index is 2.63. The van der Waals surface area contributed by atoms with E-state index in [0.29, 0.717) is 18.4 Å². The van der Waals surface area contributed by atoms with Crippen LogP contribution in [-0.4, -0.2) is 56.6 Å². The highest BCUT2D eigenvalue weighted by Crippen LogP contribution is 2.52. The summed E-state index contributed by atoms with van der Waals surface area (Å²) in [6.45, 7) is 13.1. The second-order valence-corrected chi connectivity index (χ2v) is 13.7. The summed E-state index contributed by atoms with van der Waals surface area (Å²) < 4.78 is 1.85. The van der Waals surface area contributed by atoms with Crippen molar-refractivity contribution in [1.82, 2.24) is 14.5 Å². The number of ketones is 1. The van der Waals surface area contributed by atoms with Crippen molar-refractivity contribution in [3.63, 3.8) is 0 Å². The SMILES string of the molecule is [C-]#[N+]C(C(=O)[C@H](Cc1cn(C)cn1)N(C=O)Cc1ccccc1)=P(CCCC)(CCCC)CCCC. The minimum Gasteiger partial charge on any atom is -0.340 e. The van der Waals surface area contributed by atoms with E-state index in [2.05, 4.69) is 30.6 Å². The number of unbranched alkanes of at least 4 members (excludes halogenated alkanes) is 3. The first-order valence-electron chi connectivity index (χ1n) is 13.3. The predicted octanol–water partition coefficient (Wildman–Crippen LogP) is 6.03. The van der Waals surface area contributed by atoms with E-state index < -0.39 is 12.9 Å². The summed E-state index contributed by atoms with van der Waals surface area (Å²) in [5.74, 6) is -0.171. The molecule has 1 heterocycles. The number of benzene rings is 1. The molecule has 6 nitrogen and oxygen atoms in total. The van der Waals surface area contributed by atoms with E-state index in [4.69, 9.17) is 6.57 Å². The second-order valence-electron chi connectivity index (χ2n) is 9.69. The number of rotatable bonds is 17. The van der Waals surface area contributed by atoms with Gasteiger partial charge in [0.25, 0.3) is 0 Å². The van der Waals surface area contributed by atoms with E-state index in [1.54, 1.807) is 11.2 Å². The van der Waals surface area contributed by atoms with Crippen LogP contribution in [0.3, 0.4) is 0 Å². The lowest BCUT2D eigenvalue weighted by molar-refractivity contribution is -0.128. The highest BCUT2D eigenvalue weighted by atomic mass is 31.2. The van der Waals surface area contributed by atoms with Gasteiger partial charge in [-0.15, -0.1) is 0 Å². The first kappa shape index (κ1) is 29.6. The van der Waals surface area contributed by atoms with Gasteiger partial charge in [-0.2, -0.15) is 0 Å². The summed E-state index contributed by atoms with van der Waals surface area (Å²) >= 11 is 0. The third-order valence-corrected chi connectivity index (χ3v) is 11.5. The maximum absolute atomic E-state index is 14.4. The number of nitrogens with zero attached hydrogens (tertiary/aromatic N) is 4. The highest BCUT2D eigenvalue weighted by molar-refractivity contribution is 7.78. The summed E-state index contributed by atoms with van der Waals surface area (Å²) in [6, 6.07) is 8.97. The number of Topliss-reactive ketones (excluding diaryl/α,β-unsaturated/α-hetero) is 1. The fourth-order valence-corrected chi connectivity index (χ4v) is 9.63. The normalized spacial score (nSPS) is 12.1. The number of hydrogen-bond acceptors (Lipinski definition) is 3. The molecule has 0 bridgehead atoms. The lowest BCUT2D eigenvalue weighted by Crippen LogP contribution is -2.44. The molecule has 2 aromatic rings. The van der Waals surface area contributed by atoms with E-state index in [1.807, 2.05) is 48.1 Å². The molecule has 0 N–H and O–H groups in total. The average molecular weight is 511 g/mol. The second kappa shape index (κ2) is 15.5. The maximum Gasteiger partial charge on any atom is 0.226 e. The number of aromatic nitrogens is 2. The zero-order chi connectivity index (χ0) is 26.4. The molecule has 0 saturated carbocycles. The molecule has 0 spiro atoms. The minimum atomic E-state index is -1.95. The van der Waals surface area contributed by atoms with Crippen molar-refractivity contribution in [2.75, 3.05) is 18.5 Å². The molecule has 2 rings (SSSR count). The summed E-state index contributed by atoms with van der Waals surface area (Å²) in [7, 11) is 1.89. The van der Waals surface area contributed by atoms with E-state index >= 15 is 0 Å². The Morgan fingerprint density at radius 2 is 1.67 bits per heavy atom. The van der Waals surface area contributed by atoms with Crippen LogP contribution in [-0.2, 0) is 29.6 Å². The van der Waals surface area contributed by atoms with Gasteiger partial charge < -0.3 is 14.3 Å². The van der Waals surface area contributed by atoms with Crippen molar-refractivity contribution in [1.29, 1.82) is 0 Å². The van der Waals surface area contributed by atoms with Gasteiger partial charge in [-0.1, -0.05) is 96.5 Å². The van der Waals surface area contributed by atoms with Gasteiger partial charge >= 0.3 is 0 Å². The Hall–Kier alpha value is -2.64. The molecule has 1 amide bonds. The highest BCUT2D eigenvalue weighted by Gasteiger charge is 2.35. The molecule has 1 aromatic heterocycles. The van der Waals surface area contributed by atoms with Crippen LogP contribution in [0.15, 0.2) is 42.9 Å². The molecular formula is C29H43N4O2P. The molecule has 0 aliphatic rings. The first-order valence-corrected chi connectivity index (χ1v) is 15.7. The molecule has 196 valence electrons. The van der Waals surface area contributed by atoms with E-state index in [-0.39, 0.29) is 5.78 Å². The Morgan fingerprint density at radius 3 is 2.11 bits per heavy atom. The lowest BCUT2D eigenvalue weighted by atomic mass is 10.0. The molecule has 7 heteroatoms. The summed E-state index contributed by atoms with van der Waals surface area (Å²) in [5.41, 5.74) is 2.15. The fourth-order valence-electron chi connectivity index (χ4n) is 4.73. The summed E-state index contributed by atoms with van der Waals surface area (Å²) in [6.07, 6.45) is 13.7. The van der Waals surface area contributed by atoms with Crippen molar-refractivity contribution in [2.45, 2.75) is 78.3 Å².